The number of aromatic nitrogens is 3. The largest absolute Gasteiger partial charge is 0.352 e. The van der Waals surface area contributed by atoms with Gasteiger partial charge in [0.2, 0.25) is 0 Å². The lowest BCUT2D eigenvalue weighted by Gasteiger charge is -2.39. The summed E-state index contributed by atoms with van der Waals surface area (Å²) in [6.45, 7) is 0. The second-order valence-corrected chi connectivity index (χ2v) is 7.69. The molecular formula is C17H12N4O2. The minimum atomic E-state index is -0.353. The second-order valence-electron chi connectivity index (χ2n) is 7.69. The van der Waals surface area contributed by atoms with Gasteiger partial charge in [-0.25, -0.2) is 23.5 Å². The van der Waals surface area contributed by atoms with Crippen LogP contribution < -0.4 is 11.4 Å². The van der Waals surface area contributed by atoms with Crippen LogP contribution in [0.3, 0.4) is 0 Å². The molecule has 2 bridgehead atoms. The van der Waals surface area contributed by atoms with E-state index in [9.17, 15) is 14.9 Å². The van der Waals surface area contributed by atoms with Gasteiger partial charge >= 0.3 is 11.4 Å². The van der Waals surface area contributed by atoms with Crippen LogP contribution in [-0.4, -0.2) is 13.9 Å². The Hall–Kier alpha value is -2.55. The van der Waals surface area contributed by atoms with E-state index in [1.54, 1.807) is 21.5 Å². The van der Waals surface area contributed by atoms with E-state index in [0.29, 0.717) is 35.3 Å². The lowest BCUT2D eigenvalue weighted by atomic mass is 9.80. The summed E-state index contributed by atoms with van der Waals surface area (Å²) < 4.78 is 4.62. The summed E-state index contributed by atoms with van der Waals surface area (Å²) in [6, 6.07) is 11.6. The first-order valence-electron chi connectivity index (χ1n) is 8.16. The van der Waals surface area contributed by atoms with Crippen molar-refractivity contribution in [3.05, 3.63) is 51.3 Å². The summed E-state index contributed by atoms with van der Waals surface area (Å²) in [5.74, 6) is 2.33. The summed E-state index contributed by atoms with van der Waals surface area (Å²) in [4.78, 5) is 26.0. The quantitative estimate of drug-likeness (QED) is 0.772. The average Bonchev–Trinajstić information content (AvgIpc) is 3.36. The van der Waals surface area contributed by atoms with Crippen LogP contribution in [0.5, 0.6) is 0 Å². The molecule has 1 aromatic carbocycles. The van der Waals surface area contributed by atoms with Crippen LogP contribution in [0.4, 0.5) is 0 Å². The molecule has 2 aliphatic heterocycles. The number of benzene rings is 1. The van der Waals surface area contributed by atoms with Gasteiger partial charge in [-0.3, -0.25) is 0 Å². The third kappa shape index (κ3) is 0.792. The molecule has 23 heavy (non-hydrogen) atoms. The molecule has 6 nitrogen and oxygen atoms in total. The van der Waals surface area contributed by atoms with Crippen LogP contribution in [0, 0.1) is 46.3 Å². The van der Waals surface area contributed by atoms with E-state index in [-0.39, 0.29) is 28.9 Å². The van der Waals surface area contributed by atoms with Crippen LogP contribution >= 0.6 is 0 Å². The molecule has 6 heteroatoms. The van der Waals surface area contributed by atoms with E-state index in [1.165, 1.54) is 4.57 Å². The predicted octanol–water partition coefficient (Wildman–Crippen LogP) is 0.542. The fourth-order valence-corrected chi connectivity index (χ4v) is 6.90. The summed E-state index contributed by atoms with van der Waals surface area (Å²) in [5, 5.41) is 9.77. The highest BCUT2D eigenvalue weighted by Gasteiger charge is 2.97. The van der Waals surface area contributed by atoms with E-state index < -0.39 is 0 Å². The number of hydrogen-bond acceptors (Lipinski definition) is 3. The zero-order chi connectivity index (χ0) is 15.2. The topological polar surface area (TPSA) is 72.7 Å². The minimum absolute atomic E-state index is 0.0739. The maximum Gasteiger partial charge on any atom is 0.352 e. The number of rotatable bonds is 1. The fourth-order valence-electron chi connectivity index (χ4n) is 6.90. The molecule has 4 fully saturated rings. The number of hydrogen-bond donors (Lipinski definition) is 0. The van der Waals surface area contributed by atoms with Gasteiger partial charge in [-0.05, 0) is 35.8 Å². The van der Waals surface area contributed by atoms with Crippen molar-refractivity contribution in [2.75, 3.05) is 0 Å². The smallest absolute Gasteiger partial charge is 0.245 e. The highest BCUT2D eigenvalue weighted by atomic mass is 16.2. The van der Waals surface area contributed by atoms with Crippen molar-refractivity contribution < 1.29 is 0 Å². The van der Waals surface area contributed by atoms with Gasteiger partial charge in [0, 0.05) is 5.92 Å². The van der Waals surface area contributed by atoms with Crippen molar-refractivity contribution in [1.29, 1.82) is 5.26 Å². The molecule has 3 heterocycles. The number of nitriles is 1. The molecule has 8 atom stereocenters. The van der Waals surface area contributed by atoms with Crippen molar-refractivity contribution in [2.45, 2.75) is 12.1 Å². The Morgan fingerprint density at radius 3 is 2.43 bits per heavy atom. The summed E-state index contributed by atoms with van der Waals surface area (Å²) in [7, 11) is 0. The van der Waals surface area contributed by atoms with Crippen molar-refractivity contribution in [2.24, 2.45) is 35.0 Å². The van der Waals surface area contributed by atoms with Crippen LogP contribution in [0.15, 0.2) is 39.9 Å². The van der Waals surface area contributed by atoms with Gasteiger partial charge in [-0.2, -0.15) is 5.26 Å². The fraction of sp³-hybridized carbons (Fsp3) is 0.471. The molecule has 0 spiro atoms. The standard InChI is InChI=1S/C17H12N4O2/c18-6-17-11-8-9-10(8)14(17)21-16(23)19(7-4-2-1-3-5-7)15(22)20(21)13(9)12(11)17/h1-5,8-14H/t8-,9-,10+,11+,12-,13+,14+,17-/m0/s1. The molecule has 2 aromatic rings. The normalized spacial score (nSPS) is 48.0. The third-order valence-corrected chi connectivity index (χ3v) is 7.36. The first-order chi connectivity index (χ1) is 11.2. The van der Waals surface area contributed by atoms with Crippen molar-refractivity contribution in [3.63, 3.8) is 0 Å². The lowest BCUT2D eigenvalue weighted by Crippen LogP contribution is -2.48. The number of para-hydroxylation sites is 1. The van der Waals surface area contributed by atoms with Gasteiger partial charge in [0.1, 0.15) is 0 Å². The predicted molar refractivity (Wildman–Crippen MR) is 77.9 cm³/mol. The van der Waals surface area contributed by atoms with Crippen LogP contribution in [0.25, 0.3) is 5.69 Å². The lowest BCUT2D eigenvalue weighted by molar-refractivity contribution is 0.0819. The molecule has 6 aliphatic rings. The summed E-state index contributed by atoms with van der Waals surface area (Å²) in [6.07, 6.45) is 0. The van der Waals surface area contributed by atoms with E-state index >= 15 is 0 Å². The monoisotopic (exact) mass is 304 g/mol. The van der Waals surface area contributed by atoms with Crippen LogP contribution in [-0.2, 0) is 0 Å². The van der Waals surface area contributed by atoms with Crippen LogP contribution in [0.2, 0.25) is 0 Å². The SMILES string of the molecule is N#C[C@@]12[C@@H]3[C@H]4[C@H]5[C@@H]4[C@H]1n1c(=O)n(-c4ccccc4)c(=O)n1[C@H]5[C@H]32. The molecule has 0 N–H and O–H groups in total. The maximum atomic E-state index is 13.0. The molecule has 112 valence electrons. The molecule has 4 saturated carbocycles. The van der Waals surface area contributed by atoms with Crippen molar-refractivity contribution in [1.82, 2.24) is 13.9 Å². The van der Waals surface area contributed by atoms with E-state index in [1.807, 2.05) is 18.2 Å². The minimum Gasteiger partial charge on any atom is -0.245 e. The van der Waals surface area contributed by atoms with E-state index in [4.69, 9.17) is 0 Å². The van der Waals surface area contributed by atoms with Gasteiger partial charge in [0.15, 0.2) is 0 Å². The first-order valence-corrected chi connectivity index (χ1v) is 8.16. The first kappa shape index (κ1) is 11.1. The Morgan fingerprint density at radius 2 is 1.70 bits per heavy atom. The molecule has 0 radical (unpaired) electrons. The highest BCUT2D eigenvalue weighted by molar-refractivity contribution is 5.48. The third-order valence-electron chi connectivity index (χ3n) is 7.36. The van der Waals surface area contributed by atoms with E-state index in [0.717, 1.165) is 0 Å². The molecule has 0 amide bonds. The van der Waals surface area contributed by atoms with Gasteiger partial charge < -0.3 is 0 Å². The zero-order valence-corrected chi connectivity index (χ0v) is 12.0. The van der Waals surface area contributed by atoms with Crippen LogP contribution in [0.1, 0.15) is 12.1 Å². The molecule has 0 saturated heterocycles. The Morgan fingerprint density at radius 1 is 0.957 bits per heavy atom. The maximum absolute atomic E-state index is 13.0. The second kappa shape index (κ2) is 2.82. The Bertz CT molecular complexity index is 1090. The highest BCUT2D eigenvalue weighted by Crippen LogP contribution is 2.96. The van der Waals surface area contributed by atoms with Gasteiger partial charge in [-0.1, -0.05) is 18.2 Å². The Labute approximate surface area is 130 Å². The summed E-state index contributed by atoms with van der Waals surface area (Å²) >= 11 is 0. The molecule has 0 unspecified atom stereocenters. The van der Waals surface area contributed by atoms with Crippen molar-refractivity contribution in [3.8, 4) is 11.8 Å². The average molecular weight is 304 g/mol. The molecular weight excluding hydrogens is 292 g/mol. The molecule has 4 aliphatic carbocycles. The molecule has 1 aromatic heterocycles. The van der Waals surface area contributed by atoms with Gasteiger partial charge in [0.25, 0.3) is 0 Å². The number of nitrogens with zero attached hydrogens (tertiary/aromatic N) is 4. The van der Waals surface area contributed by atoms with E-state index in [2.05, 4.69) is 6.07 Å². The summed E-state index contributed by atoms with van der Waals surface area (Å²) in [5.41, 5.74) is -0.259. The van der Waals surface area contributed by atoms with Crippen molar-refractivity contribution >= 4 is 0 Å². The van der Waals surface area contributed by atoms with Gasteiger partial charge in [0.05, 0.1) is 29.3 Å². The Kier molecular flexibility index (Phi) is 1.36. The molecule has 8 rings (SSSR count). The van der Waals surface area contributed by atoms with Gasteiger partial charge in [-0.15, -0.1) is 0 Å². The Balaban J connectivity index is 1.58. The zero-order valence-electron chi connectivity index (χ0n) is 12.0.